The van der Waals surface area contributed by atoms with Gasteiger partial charge in [-0.2, -0.15) is 0 Å². The van der Waals surface area contributed by atoms with Crippen molar-refractivity contribution in [2.75, 3.05) is 6.61 Å². The number of amides is 1. The monoisotopic (exact) mass is 254 g/mol. The number of rotatable bonds is 6. The van der Waals surface area contributed by atoms with Crippen LogP contribution in [0.4, 0.5) is 0 Å². The lowest BCUT2D eigenvalue weighted by molar-refractivity contribution is -0.144. The van der Waals surface area contributed by atoms with E-state index in [1.165, 1.54) is 4.68 Å². The first-order valence-corrected chi connectivity index (χ1v) is 5.77. The van der Waals surface area contributed by atoms with E-state index < -0.39 is 11.9 Å². The number of carbonyl (C=O) groups excluding carboxylic acids is 2. The van der Waals surface area contributed by atoms with E-state index in [0.29, 0.717) is 18.2 Å². The van der Waals surface area contributed by atoms with E-state index in [-0.39, 0.29) is 12.2 Å². The molecule has 0 atom stereocenters. The molecule has 100 valence electrons. The summed E-state index contributed by atoms with van der Waals surface area (Å²) in [5.41, 5.74) is 5.64. The SMILES string of the molecule is Cc1c(C(N)=O)nnn1CC(=O)OCCC(C)C. The molecule has 7 nitrogen and oxygen atoms in total. The fourth-order valence-corrected chi connectivity index (χ4v) is 1.31. The first-order chi connectivity index (χ1) is 8.41. The molecule has 2 N–H and O–H groups in total. The second-order valence-electron chi connectivity index (χ2n) is 4.45. The molecule has 0 unspecified atom stereocenters. The Morgan fingerprint density at radius 2 is 2.11 bits per heavy atom. The van der Waals surface area contributed by atoms with Crippen LogP contribution >= 0.6 is 0 Å². The predicted octanol–water partition coefficient (Wildman–Crippen LogP) is 0.275. The van der Waals surface area contributed by atoms with Crippen LogP contribution in [0, 0.1) is 12.8 Å². The number of primary amides is 1. The van der Waals surface area contributed by atoms with E-state index in [2.05, 4.69) is 24.2 Å². The number of nitrogens with zero attached hydrogens (tertiary/aromatic N) is 3. The molecule has 1 heterocycles. The molecule has 1 rings (SSSR count). The van der Waals surface area contributed by atoms with E-state index >= 15 is 0 Å². The van der Waals surface area contributed by atoms with Crippen LogP contribution in [0.3, 0.4) is 0 Å². The normalized spacial score (nSPS) is 10.7. The fourth-order valence-electron chi connectivity index (χ4n) is 1.31. The molecule has 0 radical (unpaired) electrons. The van der Waals surface area contributed by atoms with Gasteiger partial charge in [-0.25, -0.2) is 4.68 Å². The molecule has 1 aromatic heterocycles. The number of esters is 1. The quantitative estimate of drug-likeness (QED) is 0.735. The fraction of sp³-hybridized carbons (Fsp3) is 0.636. The molecule has 1 amide bonds. The maximum atomic E-state index is 11.5. The van der Waals surface area contributed by atoms with Crippen LogP contribution in [0.25, 0.3) is 0 Å². The molecule has 0 saturated heterocycles. The maximum absolute atomic E-state index is 11.5. The zero-order chi connectivity index (χ0) is 13.7. The number of carbonyl (C=O) groups is 2. The summed E-state index contributed by atoms with van der Waals surface area (Å²) in [6, 6.07) is 0. The van der Waals surface area contributed by atoms with E-state index in [4.69, 9.17) is 10.5 Å². The number of ether oxygens (including phenoxy) is 1. The minimum Gasteiger partial charge on any atom is -0.464 e. The highest BCUT2D eigenvalue weighted by Crippen LogP contribution is 2.04. The third kappa shape index (κ3) is 3.83. The van der Waals surface area contributed by atoms with Gasteiger partial charge in [-0.3, -0.25) is 9.59 Å². The van der Waals surface area contributed by atoms with Crippen molar-refractivity contribution in [2.45, 2.75) is 33.7 Å². The topological polar surface area (TPSA) is 100 Å². The lowest BCUT2D eigenvalue weighted by Gasteiger charge is -2.07. The second kappa shape index (κ2) is 6.13. The van der Waals surface area contributed by atoms with Crippen molar-refractivity contribution < 1.29 is 14.3 Å². The Balaban J connectivity index is 2.52. The molecule has 0 fully saturated rings. The number of nitrogens with two attached hydrogens (primary N) is 1. The Bertz CT molecular complexity index is 439. The Morgan fingerprint density at radius 3 is 2.61 bits per heavy atom. The van der Waals surface area contributed by atoms with Crippen LogP contribution in [0.2, 0.25) is 0 Å². The van der Waals surface area contributed by atoms with Crippen molar-refractivity contribution in [2.24, 2.45) is 11.7 Å². The van der Waals surface area contributed by atoms with Crippen molar-refractivity contribution in [3.63, 3.8) is 0 Å². The molecule has 0 aliphatic carbocycles. The highest BCUT2D eigenvalue weighted by atomic mass is 16.5. The number of hydrogen-bond donors (Lipinski definition) is 1. The number of hydrogen-bond acceptors (Lipinski definition) is 5. The van der Waals surface area contributed by atoms with Gasteiger partial charge in [0.15, 0.2) is 5.69 Å². The summed E-state index contributed by atoms with van der Waals surface area (Å²) < 4.78 is 6.34. The van der Waals surface area contributed by atoms with Gasteiger partial charge in [0.2, 0.25) is 0 Å². The minimum atomic E-state index is -0.660. The first-order valence-electron chi connectivity index (χ1n) is 5.77. The first kappa shape index (κ1) is 14.1. The van der Waals surface area contributed by atoms with Crippen LogP contribution in [0.5, 0.6) is 0 Å². The lowest BCUT2D eigenvalue weighted by atomic mass is 10.1. The Labute approximate surface area is 105 Å². The smallest absolute Gasteiger partial charge is 0.327 e. The van der Waals surface area contributed by atoms with Gasteiger partial charge in [0.25, 0.3) is 5.91 Å². The third-order valence-electron chi connectivity index (χ3n) is 2.45. The van der Waals surface area contributed by atoms with Crippen LogP contribution < -0.4 is 5.73 Å². The van der Waals surface area contributed by atoms with Crippen molar-refractivity contribution in [3.8, 4) is 0 Å². The Hall–Kier alpha value is -1.92. The number of aromatic nitrogens is 3. The van der Waals surface area contributed by atoms with Gasteiger partial charge in [-0.05, 0) is 19.3 Å². The molecule has 0 spiro atoms. The van der Waals surface area contributed by atoms with E-state index in [9.17, 15) is 9.59 Å². The summed E-state index contributed by atoms with van der Waals surface area (Å²) in [6.45, 7) is 6.04. The summed E-state index contributed by atoms with van der Waals surface area (Å²) in [5.74, 6) is -0.584. The molecular formula is C11H18N4O3. The standard InChI is InChI=1S/C11H18N4O3/c1-7(2)4-5-18-9(16)6-15-8(3)10(11(12)17)13-14-15/h7H,4-6H2,1-3H3,(H2,12,17). The van der Waals surface area contributed by atoms with Crippen molar-refractivity contribution in [1.29, 1.82) is 0 Å². The van der Waals surface area contributed by atoms with Crippen molar-refractivity contribution >= 4 is 11.9 Å². The zero-order valence-electron chi connectivity index (χ0n) is 10.8. The molecule has 18 heavy (non-hydrogen) atoms. The molecule has 0 aromatic carbocycles. The lowest BCUT2D eigenvalue weighted by Crippen LogP contribution is -2.18. The van der Waals surface area contributed by atoms with Gasteiger partial charge >= 0.3 is 5.97 Å². The molecule has 0 aliphatic rings. The second-order valence-corrected chi connectivity index (χ2v) is 4.45. The molecule has 0 saturated carbocycles. The van der Waals surface area contributed by atoms with Crippen LogP contribution in [0.1, 0.15) is 36.5 Å². The van der Waals surface area contributed by atoms with E-state index in [1.807, 2.05) is 0 Å². The Kier molecular flexibility index (Phi) is 4.82. The minimum absolute atomic E-state index is 0.0653. The van der Waals surface area contributed by atoms with Crippen LogP contribution in [0.15, 0.2) is 0 Å². The van der Waals surface area contributed by atoms with Gasteiger partial charge in [0.1, 0.15) is 6.54 Å². The van der Waals surface area contributed by atoms with E-state index in [0.717, 1.165) is 6.42 Å². The molecular weight excluding hydrogens is 236 g/mol. The molecule has 1 aromatic rings. The molecule has 7 heteroatoms. The van der Waals surface area contributed by atoms with Crippen LogP contribution in [-0.2, 0) is 16.1 Å². The average Bonchev–Trinajstić information content (AvgIpc) is 2.60. The molecule has 0 bridgehead atoms. The summed E-state index contributed by atoms with van der Waals surface area (Å²) in [7, 11) is 0. The summed E-state index contributed by atoms with van der Waals surface area (Å²) in [5, 5.41) is 7.29. The highest BCUT2D eigenvalue weighted by molar-refractivity contribution is 5.91. The predicted molar refractivity (Wildman–Crippen MR) is 63.7 cm³/mol. The van der Waals surface area contributed by atoms with Crippen LogP contribution in [-0.4, -0.2) is 33.5 Å². The third-order valence-corrected chi connectivity index (χ3v) is 2.45. The highest BCUT2D eigenvalue weighted by Gasteiger charge is 2.15. The summed E-state index contributed by atoms with van der Waals surface area (Å²) in [4.78, 5) is 22.5. The van der Waals surface area contributed by atoms with Gasteiger partial charge in [0, 0.05) is 0 Å². The van der Waals surface area contributed by atoms with Gasteiger partial charge < -0.3 is 10.5 Å². The summed E-state index contributed by atoms with van der Waals surface area (Å²) >= 11 is 0. The zero-order valence-corrected chi connectivity index (χ0v) is 10.8. The van der Waals surface area contributed by atoms with Gasteiger partial charge in [-0.1, -0.05) is 19.1 Å². The average molecular weight is 254 g/mol. The maximum Gasteiger partial charge on any atom is 0.327 e. The largest absolute Gasteiger partial charge is 0.464 e. The van der Waals surface area contributed by atoms with E-state index in [1.54, 1.807) is 6.92 Å². The Morgan fingerprint density at radius 1 is 1.44 bits per heavy atom. The summed E-state index contributed by atoms with van der Waals surface area (Å²) in [6.07, 6.45) is 0.814. The van der Waals surface area contributed by atoms with Crippen molar-refractivity contribution in [3.05, 3.63) is 11.4 Å². The van der Waals surface area contributed by atoms with Crippen molar-refractivity contribution in [1.82, 2.24) is 15.0 Å². The van der Waals surface area contributed by atoms with Gasteiger partial charge in [0.05, 0.1) is 12.3 Å². The van der Waals surface area contributed by atoms with Gasteiger partial charge in [-0.15, -0.1) is 5.10 Å². The molecule has 0 aliphatic heterocycles.